The SMILES string of the molecule is O[n+]1c2nc3[nH]c(nc4nc(nc5[nH]c(nc1-c1ccccc1-2)c1ccccc51)-c1ccccc1-4)c1ccccc31. The van der Waals surface area contributed by atoms with Crippen LogP contribution in [0.25, 0.3) is 89.7 Å². The fourth-order valence-electron chi connectivity index (χ4n) is 5.74. The zero-order valence-electron chi connectivity index (χ0n) is 21.4. The van der Waals surface area contributed by atoms with Crippen LogP contribution in [-0.2, 0) is 0 Å². The Morgan fingerprint density at radius 2 is 0.756 bits per heavy atom. The largest absolute Gasteiger partial charge is 0.370 e. The summed E-state index contributed by atoms with van der Waals surface area (Å²) >= 11 is 0. The lowest BCUT2D eigenvalue weighted by atomic mass is 10.1. The van der Waals surface area contributed by atoms with Gasteiger partial charge in [0, 0.05) is 32.7 Å². The van der Waals surface area contributed by atoms with E-state index in [1.54, 1.807) is 0 Å². The molecule has 5 heterocycles. The van der Waals surface area contributed by atoms with Crippen LogP contribution in [0.4, 0.5) is 0 Å². The maximum atomic E-state index is 11.5. The van der Waals surface area contributed by atoms with E-state index in [4.69, 9.17) is 24.9 Å². The van der Waals surface area contributed by atoms with Gasteiger partial charge in [0.15, 0.2) is 11.6 Å². The number of nitrogens with one attached hydrogen (secondary N) is 2. The Kier molecular flexibility index (Phi) is 4.29. The van der Waals surface area contributed by atoms with Crippen LogP contribution >= 0.6 is 0 Å². The Morgan fingerprint density at radius 3 is 1.17 bits per heavy atom. The summed E-state index contributed by atoms with van der Waals surface area (Å²) in [7, 11) is 0. The van der Waals surface area contributed by atoms with Crippen LogP contribution in [-0.4, -0.2) is 40.1 Å². The minimum absolute atomic E-state index is 0.366. The third-order valence-electron chi connectivity index (χ3n) is 7.65. The van der Waals surface area contributed by atoms with Gasteiger partial charge in [0.05, 0.1) is 11.1 Å². The molecule has 0 spiro atoms. The van der Waals surface area contributed by atoms with Crippen molar-refractivity contribution in [1.82, 2.24) is 34.9 Å². The summed E-state index contributed by atoms with van der Waals surface area (Å²) in [4.78, 5) is 31.5. The van der Waals surface area contributed by atoms with E-state index >= 15 is 0 Å². The molecule has 2 aliphatic rings. The second-order valence-corrected chi connectivity index (χ2v) is 9.99. The molecule has 8 bridgehead atoms. The molecule has 4 aromatic carbocycles. The number of hydrogen-bond donors (Lipinski definition) is 3. The minimum Gasteiger partial charge on any atom is -0.370 e. The van der Waals surface area contributed by atoms with Crippen molar-refractivity contribution in [1.29, 1.82) is 0 Å². The molecule has 9 heteroatoms. The molecule has 3 N–H and O–H groups in total. The Labute approximate surface area is 231 Å². The molecule has 9 rings (SSSR count). The minimum atomic E-state index is 0.366. The van der Waals surface area contributed by atoms with Crippen LogP contribution in [0.1, 0.15) is 0 Å². The normalized spacial score (nSPS) is 12.0. The highest BCUT2D eigenvalue weighted by Crippen LogP contribution is 2.35. The van der Waals surface area contributed by atoms with E-state index < -0.39 is 0 Å². The maximum absolute atomic E-state index is 11.5. The van der Waals surface area contributed by atoms with Crippen molar-refractivity contribution in [2.75, 3.05) is 0 Å². The molecule has 0 amide bonds. The predicted molar refractivity (Wildman–Crippen MR) is 156 cm³/mol. The lowest BCUT2D eigenvalue weighted by Gasteiger charge is -1.96. The number of hydrogen-bond acceptors (Lipinski definition) is 6. The quantitative estimate of drug-likeness (QED) is 0.163. The van der Waals surface area contributed by atoms with Crippen molar-refractivity contribution in [3.05, 3.63) is 97.1 Å². The van der Waals surface area contributed by atoms with E-state index in [1.165, 1.54) is 0 Å². The first-order valence-electron chi connectivity index (χ1n) is 13.2. The first-order chi connectivity index (χ1) is 20.2. The van der Waals surface area contributed by atoms with Crippen LogP contribution in [0.5, 0.6) is 0 Å². The van der Waals surface area contributed by atoms with Crippen LogP contribution in [0.15, 0.2) is 97.1 Å². The lowest BCUT2D eigenvalue weighted by Crippen LogP contribution is -2.32. The fourth-order valence-corrected chi connectivity index (χ4v) is 5.74. The molecule has 3 aromatic heterocycles. The molecule has 0 aliphatic carbocycles. The topological polar surface area (TPSA) is 120 Å². The average molecular weight is 532 g/mol. The zero-order valence-corrected chi connectivity index (χ0v) is 21.4. The van der Waals surface area contributed by atoms with Crippen molar-refractivity contribution >= 4 is 44.1 Å². The molecule has 0 saturated heterocycles. The Hall–Kier alpha value is -5.96. The van der Waals surface area contributed by atoms with Gasteiger partial charge in [-0.25, -0.2) is 15.0 Å². The lowest BCUT2D eigenvalue weighted by molar-refractivity contribution is -0.888. The molecule has 2 aliphatic heterocycles. The van der Waals surface area contributed by atoms with Gasteiger partial charge in [0.1, 0.15) is 11.3 Å². The maximum Gasteiger partial charge on any atom is 0.310 e. The molecule has 7 aromatic rings. The van der Waals surface area contributed by atoms with Gasteiger partial charge in [-0.1, -0.05) is 82.8 Å². The van der Waals surface area contributed by atoms with E-state index in [9.17, 15) is 5.21 Å². The number of rotatable bonds is 0. The second-order valence-electron chi connectivity index (χ2n) is 9.99. The van der Waals surface area contributed by atoms with Crippen LogP contribution in [0.3, 0.4) is 0 Å². The fraction of sp³-hybridized carbons (Fsp3) is 0. The van der Waals surface area contributed by atoms with Crippen LogP contribution < -0.4 is 4.73 Å². The number of benzene rings is 4. The number of aromatic amines is 2. The third-order valence-corrected chi connectivity index (χ3v) is 7.65. The van der Waals surface area contributed by atoms with Gasteiger partial charge in [-0.15, -0.1) is 0 Å². The van der Waals surface area contributed by atoms with Gasteiger partial charge in [-0.05, 0) is 29.0 Å². The molecule has 192 valence electrons. The second kappa shape index (κ2) is 8.03. The highest BCUT2D eigenvalue weighted by atomic mass is 16.5. The predicted octanol–water partition coefficient (Wildman–Crippen LogP) is 6.00. The Balaban J connectivity index is 1.53. The molecule has 0 fully saturated rings. The summed E-state index contributed by atoms with van der Waals surface area (Å²) in [6, 6.07) is 31.5. The number of H-pyrrole nitrogens is 2. The monoisotopic (exact) mass is 531 g/mol. The third kappa shape index (κ3) is 3.11. The number of aromatic nitrogens is 8. The van der Waals surface area contributed by atoms with E-state index in [-0.39, 0.29) is 0 Å². The Bertz CT molecular complexity index is 2240. The zero-order chi connectivity index (χ0) is 27.1. The molecule has 41 heavy (non-hydrogen) atoms. The summed E-state index contributed by atoms with van der Waals surface area (Å²) in [5.74, 6) is 1.85. The summed E-state index contributed by atoms with van der Waals surface area (Å²) in [5.41, 5.74) is 5.72. The average Bonchev–Trinajstić information content (AvgIpc) is 3.72. The number of fused-ring (bicyclic) bond motifs is 20. The first-order valence-corrected chi connectivity index (χ1v) is 13.2. The highest BCUT2D eigenvalue weighted by Gasteiger charge is 2.31. The van der Waals surface area contributed by atoms with Gasteiger partial charge < -0.3 is 15.2 Å². The summed E-state index contributed by atoms with van der Waals surface area (Å²) < 4.78 is 1.05. The molecule has 9 nitrogen and oxygen atoms in total. The van der Waals surface area contributed by atoms with Gasteiger partial charge in [0.2, 0.25) is 11.3 Å². The van der Waals surface area contributed by atoms with Crippen molar-refractivity contribution < 1.29 is 9.94 Å². The summed E-state index contributed by atoms with van der Waals surface area (Å²) in [6.07, 6.45) is 0. The molecule has 0 saturated carbocycles. The van der Waals surface area contributed by atoms with E-state index in [1.807, 2.05) is 97.1 Å². The molecular weight excluding hydrogens is 512 g/mol. The first kappa shape index (κ1) is 21.9. The van der Waals surface area contributed by atoms with Crippen molar-refractivity contribution in [2.24, 2.45) is 0 Å². The number of nitrogens with zero attached hydrogens (tertiary/aromatic N) is 6. The van der Waals surface area contributed by atoms with Crippen LogP contribution in [0.2, 0.25) is 0 Å². The highest BCUT2D eigenvalue weighted by molar-refractivity contribution is 6.06. The van der Waals surface area contributed by atoms with E-state index in [0.29, 0.717) is 45.9 Å². The van der Waals surface area contributed by atoms with Gasteiger partial charge >= 0.3 is 11.6 Å². The standard InChI is InChI=1S/C32H18N8O/c41-40-31-23-15-7-8-16-24(23)32(40)39-30-22-14-6-4-12-20(22)28(37-30)35-26-18-10-2-1-9-17(18)25(33-26)34-27-19-11-3-5-13-21(19)29(36-27)38-31/h1-16,41H,(H,33,34,35,36,37,38,39)/p+1. The smallest absolute Gasteiger partial charge is 0.310 e. The van der Waals surface area contributed by atoms with Crippen molar-refractivity contribution in [3.63, 3.8) is 0 Å². The van der Waals surface area contributed by atoms with Gasteiger partial charge in [-0.3, -0.25) is 0 Å². The van der Waals surface area contributed by atoms with Gasteiger partial charge in [0.25, 0.3) is 0 Å². The molecule has 0 radical (unpaired) electrons. The van der Waals surface area contributed by atoms with E-state index in [0.717, 1.165) is 48.5 Å². The van der Waals surface area contributed by atoms with Crippen molar-refractivity contribution in [3.8, 4) is 45.6 Å². The van der Waals surface area contributed by atoms with Crippen molar-refractivity contribution in [2.45, 2.75) is 0 Å². The van der Waals surface area contributed by atoms with Gasteiger partial charge in [-0.2, -0.15) is 0 Å². The van der Waals surface area contributed by atoms with Crippen LogP contribution in [0, 0.1) is 0 Å². The summed E-state index contributed by atoms with van der Waals surface area (Å²) in [6.45, 7) is 0. The molecular formula is C32H19N8O+. The summed E-state index contributed by atoms with van der Waals surface area (Å²) in [5, 5.41) is 15.0. The van der Waals surface area contributed by atoms with E-state index in [2.05, 4.69) is 9.97 Å². The molecule has 0 atom stereocenters. The molecule has 0 unspecified atom stereocenters. The Morgan fingerprint density at radius 1 is 0.415 bits per heavy atom.